The molecule has 2 aromatic rings. The molecule has 0 fully saturated rings. The van der Waals surface area contributed by atoms with Crippen LogP contribution in [-0.4, -0.2) is 11.1 Å². The summed E-state index contributed by atoms with van der Waals surface area (Å²) in [5, 5.41) is 0. The molecule has 92 valence electrons. The summed E-state index contributed by atoms with van der Waals surface area (Å²) in [4.78, 5) is 4.16. The SMILES string of the molecule is C=Cc1cccc(-c2cccnc2)c1OC(C)C. The summed E-state index contributed by atoms with van der Waals surface area (Å²) in [6.45, 7) is 7.88. The quantitative estimate of drug-likeness (QED) is 0.798. The van der Waals surface area contributed by atoms with Crippen molar-refractivity contribution >= 4 is 6.08 Å². The van der Waals surface area contributed by atoms with E-state index in [1.54, 1.807) is 6.20 Å². The van der Waals surface area contributed by atoms with Crippen LogP contribution in [0.3, 0.4) is 0 Å². The highest BCUT2D eigenvalue weighted by molar-refractivity contribution is 5.75. The first-order chi connectivity index (χ1) is 8.72. The van der Waals surface area contributed by atoms with Crippen molar-refractivity contribution in [3.8, 4) is 16.9 Å². The second-order valence-corrected chi connectivity index (χ2v) is 4.34. The number of pyridine rings is 1. The summed E-state index contributed by atoms with van der Waals surface area (Å²) in [7, 11) is 0. The second-order valence-electron chi connectivity index (χ2n) is 4.34. The van der Waals surface area contributed by atoms with Gasteiger partial charge in [-0.2, -0.15) is 0 Å². The van der Waals surface area contributed by atoms with E-state index in [0.29, 0.717) is 0 Å². The molecule has 0 aliphatic carbocycles. The van der Waals surface area contributed by atoms with E-state index in [1.807, 2.05) is 56.5 Å². The second kappa shape index (κ2) is 5.50. The van der Waals surface area contributed by atoms with Gasteiger partial charge in [-0.1, -0.05) is 36.9 Å². The van der Waals surface area contributed by atoms with E-state index in [2.05, 4.69) is 11.6 Å². The van der Waals surface area contributed by atoms with E-state index in [1.165, 1.54) is 0 Å². The fourth-order valence-electron chi connectivity index (χ4n) is 1.83. The van der Waals surface area contributed by atoms with Crippen LogP contribution in [0.5, 0.6) is 5.75 Å². The molecule has 2 rings (SSSR count). The fraction of sp³-hybridized carbons (Fsp3) is 0.188. The number of nitrogens with zero attached hydrogens (tertiary/aromatic N) is 1. The Kier molecular flexibility index (Phi) is 3.78. The Hall–Kier alpha value is -2.09. The number of rotatable bonds is 4. The molecule has 0 N–H and O–H groups in total. The molecule has 1 aromatic carbocycles. The first kappa shape index (κ1) is 12.4. The molecule has 0 saturated carbocycles. The summed E-state index contributed by atoms with van der Waals surface area (Å²) < 4.78 is 5.92. The average molecular weight is 239 g/mol. The predicted octanol–water partition coefficient (Wildman–Crippen LogP) is 4.18. The Labute approximate surface area is 108 Å². The van der Waals surface area contributed by atoms with Gasteiger partial charge in [-0.3, -0.25) is 4.98 Å². The summed E-state index contributed by atoms with van der Waals surface area (Å²) in [5.41, 5.74) is 3.11. The molecule has 0 unspecified atom stereocenters. The normalized spacial score (nSPS) is 10.4. The topological polar surface area (TPSA) is 22.1 Å². The molecule has 0 spiro atoms. The summed E-state index contributed by atoms with van der Waals surface area (Å²) >= 11 is 0. The van der Waals surface area contributed by atoms with Crippen molar-refractivity contribution in [3.63, 3.8) is 0 Å². The standard InChI is InChI=1S/C16H17NO/c1-4-13-7-5-9-15(16(13)18-12(2)3)14-8-6-10-17-11-14/h4-12H,1H2,2-3H3. The molecular weight excluding hydrogens is 222 g/mol. The van der Waals surface area contributed by atoms with Gasteiger partial charge in [0.25, 0.3) is 0 Å². The zero-order valence-corrected chi connectivity index (χ0v) is 10.8. The Morgan fingerprint density at radius 2 is 2.06 bits per heavy atom. The maximum Gasteiger partial charge on any atom is 0.134 e. The van der Waals surface area contributed by atoms with E-state index in [4.69, 9.17) is 4.74 Å². The zero-order valence-electron chi connectivity index (χ0n) is 10.8. The van der Waals surface area contributed by atoms with Crippen LogP contribution >= 0.6 is 0 Å². The first-order valence-electron chi connectivity index (χ1n) is 6.05. The minimum Gasteiger partial charge on any atom is -0.490 e. The number of benzene rings is 1. The van der Waals surface area contributed by atoms with Crippen LogP contribution in [-0.2, 0) is 0 Å². The lowest BCUT2D eigenvalue weighted by Crippen LogP contribution is -2.07. The highest BCUT2D eigenvalue weighted by atomic mass is 16.5. The van der Waals surface area contributed by atoms with Crippen molar-refractivity contribution in [1.29, 1.82) is 0 Å². The lowest BCUT2D eigenvalue weighted by atomic mass is 10.0. The van der Waals surface area contributed by atoms with Crippen LogP contribution in [0.4, 0.5) is 0 Å². The molecule has 2 heteroatoms. The van der Waals surface area contributed by atoms with E-state index in [9.17, 15) is 0 Å². The van der Waals surface area contributed by atoms with Crippen molar-refractivity contribution in [2.45, 2.75) is 20.0 Å². The molecule has 0 amide bonds. The Morgan fingerprint density at radius 3 is 2.67 bits per heavy atom. The third-order valence-corrected chi connectivity index (χ3v) is 2.59. The molecule has 0 saturated heterocycles. The van der Waals surface area contributed by atoms with Gasteiger partial charge in [0.15, 0.2) is 0 Å². The van der Waals surface area contributed by atoms with Gasteiger partial charge >= 0.3 is 0 Å². The predicted molar refractivity (Wildman–Crippen MR) is 75.5 cm³/mol. The van der Waals surface area contributed by atoms with Gasteiger partial charge in [-0.15, -0.1) is 0 Å². The molecule has 0 atom stereocenters. The number of hydrogen-bond acceptors (Lipinski definition) is 2. The molecule has 0 bridgehead atoms. The molecule has 1 aromatic heterocycles. The van der Waals surface area contributed by atoms with Gasteiger partial charge in [0.2, 0.25) is 0 Å². The minimum atomic E-state index is 0.126. The van der Waals surface area contributed by atoms with Crippen LogP contribution in [0, 0.1) is 0 Å². The third kappa shape index (κ3) is 2.59. The van der Waals surface area contributed by atoms with E-state index >= 15 is 0 Å². The largest absolute Gasteiger partial charge is 0.490 e. The summed E-state index contributed by atoms with van der Waals surface area (Å²) in [6, 6.07) is 10.0. The van der Waals surface area contributed by atoms with E-state index < -0.39 is 0 Å². The molecule has 0 aliphatic heterocycles. The molecule has 0 aliphatic rings. The average Bonchev–Trinajstić information content (AvgIpc) is 2.39. The summed E-state index contributed by atoms with van der Waals surface area (Å²) in [5.74, 6) is 0.871. The van der Waals surface area contributed by atoms with E-state index in [-0.39, 0.29) is 6.10 Å². The van der Waals surface area contributed by atoms with Crippen LogP contribution in [0.2, 0.25) is 0 Å². The summed E-state index contributed by atoms with van der Waals surface area (Å²) in [6.07, 6.45) is 5.55. The third-order valence-electron chi connectivity index (χ3n) is 2.59. The van der Waals surface area contributed by atoms with E-state index in [0.717, 1.165) is 22.4 Å². The van der Waals surface area contributed by atoms with Gasteiger partial charge < -0.3 is 4.74 Å². The molecule has 1 heterocycles. The van der Waals surface area contributed by atoms with Gasteiger partial charge in [0.1, 0.15) is 5.75 Å². The maximum absolute atomic E-state index is 5.92. The van der Waals surface area contributed by atoms with Crippen molar-refractivity contribution in [2.75, 3.05) is 0 Å². The van der Waals surface area contributed by atoms with Crippen LogP contribution in [0.15, 0.2) is 49.3 Å². The Bertz CT molecular complexity index is 532. The number of ether oxygens (including phenoxy) is 1. The molecule has 2 nitrogen and oxygen atoms in total. The molecule has 0 radical (unpaired) electrons. The minimum absolute atomic E-state index is 0.126. The lowest BCUT2D eigenvalue weighted by molar-refractivity contribution is 0.243. The van der Waals surface area contributed by atoms with Gasteiger partial charge in [-0.25, -0.2) is 0 Å². The Morgan fingerprint density at radius 1 is 1.22 bits per heavy atom. The fourth-order valence-corrected chi connectivity index (χ4v) is 1.83. The zero-order chi connectivity index (χ0) is 13.0. The van der Waals surface area contributed by atoms with Gasteiger partial charge in [-0.05, 0) is 19.9 Å². The highest BCUT2D eigenvalue weighted by Gasteiger charge is 2.11. The number of aromatic nitrogens is 1. The van der Waals surface area contributed by atoms with Crippen molar-refractivity contribution in [1.82, 2.24) is 4.98 Å². The lowest BCUT2D eigenvalue weighted by Gasteiger charge is -2.16. The van der Waals surface area contributed by atoms with Crippen molar-refractivity contribution < 1.29 is 4.74 Å². The van der Waals surface area contributed by atoms with Crippen molar-refractivity contribution in [3.05, 3.63) is 54.9 Å². The van der Waals surface area contributed by atoms with Crippen LogP contribution in [0.25, 0.3) is 17.2 Å². The van der Waals surface area contributed by atoms with Crippen LogP contribution < -0.4 is 4.74 Å². The highest BCUT2D eigenvalue weighted by Crippen LogP contribution is 2.34. The van der Waals surface area contributed by atoms with Crippen LogP contribution in [0.1, 0.15) is 19.4 Å². The van der Waals surface area contributed by atoms with Crippen molar-refractivity contribution in [2.24, 2.45) is 0 Å². The first-order valence-corrected chi connectivity index (χ1v) is 6.05. The van der Waals surface area contributed by atoms with Gasteiger partial charge in [0.05, 0.1) is 6.10 Å². The Balaban J connectivity index is 2.56. The monoisotopic (exact) mass is 239 g/mol. The number of para-hydroxylation sites is 1. The molecular formula is C16H17NO. The smallest absolute Gasteiger partial charge is 0.134 e. The van der Waals surface area contributed by atoms with Gasteiger partial charge in [0, 0.05) is 29.1 Å². The maximum atomic E-state index is 5.92. The molecule has 18 heavy (non-hydrogen) atoms. The number of hydrogen-bond donors (Lipinski definition) is 0.